The number of amides is 1. The maximum atomic E-state index is 11.8. The van der Waals surface area contributed by atoms with Gasteiger partial charge in [0.2, 0.25) is 5.91 Å². The Morgan fingerprint density at radius 2 is 2.06 bits per heavy atom. The molecule has 5 heteroatoms. The van der Waals surface area contributed by atoms with Gasteiger partial charge in [0.15, 0.2) is 6.29 Å². The number of carbonyl (C=O) groups is 1. The zero-order chi connectivity index (χ0) is 12.1. The van der Waals surface area contributed by atoms with E-state index in [1.54, 1.807) is 14.2 Å². The minimum atomic E-state index is -0.428. The van der Waals surface area contributed by atoms with E-state index in [0.29, 0.717) is 6.42 Å². The molecule has 0 fully saturated rings. The number of nitrogens with one attached hydrogen (secondary N) is 1. The minimum Gasteiger partial charge on any atom is -0.354 e. The quantitative estimate of drug-likeness (QED) is 0.513. The molecule has 0 spiro atoms. The second kappa shape index (κ2) is 5.98. The smallest absolute Gasteiger partial charge is 0.227 e. The summed E-state index contributed by atoms with van der Waals surface area (Å²) >= 11 is 0. The Bertz CT molecular complexity index is 264. The van der Waals surface area contributed by atoms with Gasteiger partial charge in [0.1, 0.15) is 0 Å². The van der Waals surface area contributed by atoms with E-state index in [4.69, 9.17) is 15.2 Å². The molecule has 0 bridgehead atoms. The van der Waals surface area contributed by atoms with E-state index in [0.717, 1.165) is 0 Å². The number of methoxy groups -OCH3 is 2. The van der Waals surface area contributed by atoms with Crippen molar-refractivity contribution >= 4 is 5.91 Å². The van der Waals surface area contributed by atoms with Crippen LogP contribution in [-0.4, -0.2) is 38.5 Å². The highest BCUT2D eigenvalue weighted by Crippen LogP contribution is 2.16. The highest BCUT2D eigenvalue weighted by atomic mass is 16.7. The molecule has 0 heterocycles. The van der Waals surface area contributed by atoms with Crippen molar-refractivity contribution in [3.63, 3.8) is 0 Å². The van der Waals surface area contributed by atoms with E-state index in [9.17, 15) is 4.79 Å². The molecule has 0 aromatic heterocycles. The van der Waals surface area contributed by atoms with E-state index in [1.165, 1.54) is 0 Å². The molecular weight excluding hydrogens is 208 g/mol. The van der Waals surface area contributed by atoms with Gasteiger partial charge in [0, 0.05) is 20.3 Å². The number of nitrogens with two attached hydrogens (primary N) is 1. The van der Waals surface area contributed by atoms with Crippen LogP contribution in [-0.2, 0) is 14.3 Å². The summed E-state index contributed by atoms with van der Waals surface area (Å²) < 4.78 is 10.1. The van der Waals surface area contributed by atoms with E-state index in [-0.39, 0.29) is 23.9 Å². The summed E-state index contributed by atoms with van der Waals surface area (Å²) in [5.41, 5.74) is 5.69. The van der Waals surface area contributed by atoms with Crippen molar-refractivity contribution in [1.82, 2.24) is 5.32 Å². The van der Waals surface area contributed by atoms with Crippen LogP contribution < -0.4 is 11.1 Å². The van der Waals surface area contributed by atoms with Crippen LogP contribution in [0.1, 0.15) is 13.3 Å². The third-order valence-corrected chi connectivity index (χ3v) is 2.70. The summed E-state index contributed by atoms with van der Waals surface area (Å²) in [6.45, 7) is 1.84. The lowest BCUT2D eigenvalue weighted by molar-refractivity contribution is -0.137. The molecule has 16 heavy (non-hydrogen) atoms. The van der Waals surface area contributed by atoms with Crippen molar-refractivity contribution in [3.05, 3.63) is 12.2 Å². The van der Waals surface area contributed by atoms with Crippen molar-refractivity contribution in [2.24, 2.45) is 11.7 Å². The topological polar surface area (TPSA) is 73.6 Å². The zero-order valence-electron chi connectivity index (χ0n) is 9.97. The van der Waals surface area contributed by atoms with Crippen LogP contribution >= 0.6 is 0 Å². The van der Waals surface area contributed by atoms with Gasteiger partial charge in [-0.1, -0.05) is 12.2 Å². The molecule has 1 aliphatic carbocycles. The molecular formula is C11H20N2O3. The summed E-state index contributed by atoms with van der Waals surface area (Å²) in [7, 11) is 3.09. The van der Waals surface area contributed by atoms with Crippen LogP contribution in [0.25, 0.3) is 0 Å². The Balaban J connectivity index is 2.42. The third-order valence-electron chi connectivity index (χ3n) is 2.70. The maximum Gasteiger partial charge on any atom is 0.227 e. The molecule has 92 valence electrons. The molecule has 0 saturated heterocycles. The lowest BCUT2D eigenvalue weighted by Gasteiger charge is -2.23. The van der Waals surface area contributed by atoms with E-state index in [2.05, 4.69) is 5.32 Å². The van der Waals surface area contributed by atoms with Crippen LogP contribution in [0.5, 0.6) is 0 Å². The second-order valence-electron chi connectivity index (χ2n) is 4.03. The van der Waals surface area contributed by atoms with Gasteiger partial charge in [-0.2, -0.15) is 0 Å². The van der Waals surface area contributed by atoms with Gasteiger partial charge < -0.3 is 20.5 Å². The summed E-state index contributed by atoms with van der Waals surface area (Å²) in [6.07, 6.45) is 3.95. The molecule has 0 saturated carbocycles. The van der Waals surface area contributed by atoms with Gasteiger partial charge in [-0.25, -0.2) is 0 Å². The normalized spacial score (nSPS) is 26.1. The lowest BCUT2D eigenvalue weighted by Crippen LogP contribution is -2.45. The second-order valence-corrected chi connectivity index (χ2v) is 4.03. The van der Waals surface area contributed by atoms with Gasteiger partial charge in [0.25, 0.3) is 0 Å². The number of carbonyl (C=O) groups excluding carboxylic acids is 1. The Morgan fingerprint density at radius 3 is 2.50 bits per heavy atom. The molecule has 1 aliphatic rings. The van der Waals surface area contributed by atoms with E-state index >= 15 is 0 Å². The first-order valence-electron chi connectivity index (χ1n) is 5.38. The SMILES string of the molecule is COC(OC)C(C)NC(=O)C1C=CC(N)C1. The molecule has 3 N–H and O–H groups in total. The average Bonchev–Trinajstić information content (AvgIpc) is 2.66. The maximum absolute atomic E-state index is 11.8. The molecule has 1 rings (SSSR count). The fourth-order valence-corrected chi connectivity index (χ4v) is 1.83. The Kier molecular flexibility index (Phi) is 4.92. The van der Waals surface area contributed by atoms with Crippen molar-refractivity contribution in [3.8, 4) is 0 Å². The zero-order valence-corrected chi connectivity index (χ0v) is 9.97. The number of hydrogen-bond donors (Lipinski definition) is 2. The molecule has 3 unspecified atom stereocenters. The third kappa shape index (κ3) is 3.30. The molecule has 3 atom stereocenters. The Morgan fingerprint density at radius 1 is 1.44 bits per heavy atom. The van der Waals surface area contributed by atoms with Gasteiger partial charge in [-0.15, -0.1) is 0 Å². The summed E-state index contributed by atoms with van der Waals surface area (Å²) in [4.78, 5) is 11.8. The van der Waals surface area contributed by atoms with Crippen LogP contribution in [0, 0.1) is 5.92 Å². The predicted molar refractivity (Wildman–Crippen MR) is 60.6 cm³/mol. The highest BCUT2D eigenvalue weighted by Gasteiger charge is 2.26. The van der Waals surface area contributed by atoms with Gasteiger partial charge in [-0.3, -0.25) is 4.79 Å². The van der Waals surface area contributed by atoms with Crippen LogP contribution in [0.15, 0.2) is 12.2 Å². The molecule has 0 aliphatic heterocycles. The largest absolute Gasteiger partial charge is 0.354 e. The first-order chi connectivity index (χ1) is 7.58. The minimum absolute atomic E-state index is 0.00768. The van der Waals surface area contributed by atoms with Crippen molar-refractivity contribution in [2.75, 3.05) is 14.2 Å². The monoisotopic (exact) mass is 228 g/mol. The lowest BCUT2D eigenvalue weighted by atomic mass is 10.1. The molecule has 0 aromatic rings. The standard InChI is InChI=1S/C11H20N2O3/c1-7(11(15-2)16-3)13-10(14)8-4-5-9(12)6-8/h4-5,7-9,11H,6,12H2,1-3H3,(H,13,14). The number of hydrogen-bond acceptors (Lipinski definition) is 4. The molecule has 0 radical (unpaired) electrons. The van der Waals surface area contributed by atoms with Crippen molar-refractivity contribution in [2.45, 2.75) is 31.7 Å². The Hall–Kier alpha value is -0.910. The van der Waals surface area contributed by atoms with Crippen LogP contribution in [0.3, 0.4) is 0 Å². The van der Waals surface area contributed by atoms with Crippen LogP contribution in [0.2, 0.25) is 0 Å². The average molecular weight is 228 g/mol. The first kappa shape index (κ1) is 13.2. The predicted octanol–water partition coefficient (Wildman–Crippen LogP) is 0.0134. The summed E-state index contributed by atoms with van der Waals surface area (Å²) in [5, 5.41) is 2.85. The summed E-state index contributed by atoms with van der Waals surface area (Å²) in [6, 6.07) is -0.195. The molecule has 1 amide bonds. The number of ether oxygens (including phenoxy) is 2. The van der Waals surface area contributed by atoms with Crippen molar-refractivity contribution in [1.29, 1.82) is 0 Å². The van der Waals surface area contributed by atoms with E-state index in [1.807, 2.05) is 19.1 Å². The molecule has 5 nitrogen and oxygen atoms in total. The van der Waals surface area contributed by atoms with Gasteiger partial charge in [0.05, 0.1) is 12.0 Å². The fraction of sp³-hybridized carbons (Fsp3) is 0.727. The molecule has 0 aromatic carbocycles. The van der Waals surface area contributed by atoms with Gasteiger partial charge >= 0.3 is 0 Å². The number of rotatable bonds is 5. The highest BCUT2D eigenvalue weighted by molar-refractivity contribution is 5.81. The van der Waals surface area contributed by atoms with E-state index < -0.39 is 6.29 Å². The summed E-state index contributed by atoms with van der Waals surface area (Å²) in [5.74, 6) is -0.164. The van der Waals surface area contributed by atoms with Crippen molar-refractivity contribution < 1.29 is 14.3 Å². The first-order valence-corrected chi connectivity index (χ1v) is 5.38. The van der Waals surface area contributed by atoms with Gasteiger partial charge in [-0.05, 0) is 13.3 Å². The van der Waals surface area contributed by atoms with Crippen LogP contribution in [0.4, 0.5) is 0 Å². The fourth-order valence-electron chi connectivity index (χ4n) is 1.83. The Labute approximate surface area is 96.0 Å².